The number of allylic oxidation sites excluding steroid dienone is 3. The summed E-state index contributed by atoms with van der Waals surface area (Å²) in [7, 11) is 0. The van der Waals surface area contributed by atoms with Gasteiger partial charge in [0.05, 0.1) is 25.4 Å². The highest BCUT2D eigenvalue weighted by atomic mass is 16.7. The molecule has 8 nitrogen and oxygen atoms in total. The van der Waals surface area contributed by atoms with Crippen LogP contribution in [0.1, 0.15) is 219 Å². The first-order valence-electron chi connectivity index (χ1n) is 24.1. The molecule has 56 heavy (non-hydrogen) atoms. The predicted molar refractivity (Wildman–Crippen MR) is 235 cm³/mol. The van der Waals surface area contributed by atoms with Crippen LogP contribution in [0.25, 0.3) is 0 Å². The zero-order valence-corrected chi connectivity index (χ0v) is 36.7. The second-order valence-corrected chi connectivity index (χ2v) is 16.9. The van der Waals surface area contributed by atoms with E-state index in [2.05, 4.69) is 37.4 Å². The minimum atomic E-state index is -1.49. The monoisotopic (exact) mass is 796 g/mol. The Morgan fingerprint density at radius 2 is 0.911 bits per heavy atom. The first-order valence-corrected chi connectivity index (χ1v) is 24.1. The van der Waals surface area contributed by atoms with Crippen LogP contribution in [0, 0.1) is 0 Å². The van der Waals surface area contributed by atoms with Gasteiger partial charge in [-0.15, -0.1) is 0 Å². The fraction of sp³-hybridized carbons (Fsp3) is 0.917. The number of rotatable bonds is 41. The average molecular weight is 796 g/mol. The molecule has 0 saturated carbocycles. The molecule has 1 fully saturated rings. The van der Waals surface area contributed by atoms with Gasteiger partial charge in [0.15, 0.2) is 6.29 Å². The number of aliphatic hydroxyl groups excluding tert-OH is 5. The van der Waals surface area contributed by atoms with Gasteiger partial charge >= 0.3 is 0 Å². The Morgan fingerprint density at radius 3 is 1.34 bits per heavy atom. The number of ether oxygens (including phenoxy) is 2. The second kappa shape index (κ2) is 39.6. The smallest absolute Gasteiger partial charge is 0.186 e. The zero-order valence-electron chi connectivity index (χ0n) is 36.7. The Bertz CT molecular complexity index is 870. The average Bonchev–Trinajstić information content (AvgIpc) is 3.20. The van der Waals surface area contributed by atoms with Gasteiger partial charge in [0, 0.05) is 0 Å². The molecule has 332 valence electrons. The Labute approximate surface area is 345 Å². The van der Waals surface area contributed by atoms with E-state index in [9.17, 15) is 25.5 Å². The van der Waals surface area contributed by atoms with Crippen LogP contribution in [0.15, 0.2) is 24.3 Å². The van der Waals surface area contributed by atoms with Gasteiger partial charge in [0.1, 0.15) is 24.4 Å². The van der Waals surface area contributed by atoms with Crippen molar-refractivity contribution >= 4 is 0 Å². The molecule has 0 aromatic heterocycles. The summed E-state index contributed by atoms with van der Waals surface area (Å²) in [6.45, 7) is 4.82. The van der Waals surface area contributed by atoms with Crippen LogP contribution >= 0.6 is 0 Å². The van der Waals surface area contributed by atoms with Crippen LogP contribution in [0.4, 0.5) is 0 Å². The highest BCUT2D eigenvalue weighted by Crippen LogP contribution is 2.22. The molecule has 1 rings (SSSR count). The van der Waals surface area contributed by atoms with Gasteiger partial charge in [-0.2, -0.15) is 0 Å². The Hall–Kier alpha value is -0.840. The third kappa shape index (κ3) is 29.4. The van der Waals surface area contributed by atoms with Crippen LogP contribution in [0.3, 0.4) is 0 Å². The largest absolute Gasteiger partial charge is 0.394 e. The van der Waals surface area contributed by atoms with Gasteiger partial charge in [-0.25, -0.2) is 0 Å². The van der Waals surface area contributed by atoms with Crippen LogP contribution in [0.2, 0.25) is 0 Å². The van der Waals surface area contributed by atoms with Crippen molar-refractivity contribution in [3.63, 3.8) is 0 Å². The summed E-state index contributed by atoms with van der Waals surface area (Å²) in [6.07, 6.45) is 42.8. The van der Waals surface area contributed by atoms with E-state index in [0.717, 1.165) is 32.2 Å². The van der Waals surface area contributed by atoms with Crippen molar-refractivity contribution in [2.45, 2.75) is 262 Å². The molecule has 7 atom stereocenters. The fourth-order valence-corrected chi connectivity index (χ4v) is 7.70. The second-order valence-electron chi connectivity index (χ2n) is 16.9. The molecule has 1 heterocycles. The van der Waals surface area contributed by atoms with E-state index in [1.807, 2.05) is 6.08 Å². The molecule has 1 aliphatic rings. The molecule has 0 amide bonds. The number of unbranched alkanes of at least 4 members (excludes halogenated alkanes) is 29. The molecule has 3 unspecified atom stereocenters. The molecule has 0 spiro atoms. The zero-order chi connectivity index (χ0) is 40.7. The van der Waals surface area contributed by atoms with E-state index >= 15 is 0 Å². The van der Waals surface area contributed by atoms with Crippen molar-refractivity contribution in [3.05, 3.63) is 24.3 Å². The first kappa shape index (κ1) is 53.2. The van der Waals surface area contributed by atoms with Crippen molar-refractivity contribution < 1.29 is 35.0 Å². The fourth-order valence-electron chi connectivity index (χ4n) is 7.70. The summed E-state index contributed by atoms with van der Waals surface area (Å²) in [5.74, 6) is 0. The van der Waals surface area contributed by atoms with Gasteiger partial charge in [0.25, 0.3) is 0 Å². The highest BCUT2D eigenvalue weighted by molar-refractivity contribution is 4.96. The number of nitrogens with one attached hydrogen (secondary N) is 1. The molecule has 0 aliphatic carbocycles. The van der Waals surface area contributed by atoms with Gasteiger partial charge in [-0.1, -0.05) is 199 Å². The molecule has 0 radical (unpaired) electrons. The quantitative estimate of drug-likeness (QED) is 0.0266. The lowest BCUT2D eigenvalue weighted by molar-refractivity contribution is -0.302. The maximum atomic E-state index is 11.1. The highest BCUT2D eigenvalue weighted by Gasteiger charge is 2.44. The summed E-state index contributed by atoms with van der Waals surface area (Å²) < 4.78 is 11.4. The van der Waals surface area contributed by atoms with Gasteiger partial charge < -0.3 is 40.3 Å². The van der Waals surface area contributed by atoms with Crippen molar-refractivity contribution in [2.75, 3.05) is 19.8 Å². The van der Waals surface area contributed by atoms with Crippen molar-refractivity contribution in [1.29, 1.82) is 0 Å². The summed E-state index contributed by atoms with van der Waals surface area (Å²) in [4.78, 5) is 0. The Kier molecular flexibility index (Phi) is 37.6. The summed E-state index contributed by atoms with van der Waals surface area (Å²) in [6, 6.07) is -0.428. The van der Waals surface area contributed by atoms with E-state index in [0.29, 0.717) is 0 Å². The minimum absolute atomic E-state index is 0.0446. The number of aliphatic hydroxyl groups is 5. The standard InChI is InChI=1S/C48H93NO7/c1-3-5-7-9-11-13-15-17-18-19-20-21-22-23-24-25-27-29-31-33-35-37-39-49-42(41-55-48-47(54)46(53)45(52)44(40-50)56-48)43(51)38-36-34-32-30-28-26-16-14-12-10-8-6-4-2/h17-18,36,38,42-54H,3-16,19-35,37,39-41H2,1-2H3/t42?,43?,44-,45+,46+,47-,48?/m1/s1. The van der Waals surface area contributed by atoms with E-state index in [1.54, 1.807) is 0 Å². The first-order chi connectivity index (χ1) is 27.5. The summed E-state index contributed by atoms with van der Waals surface area (Å²) >= 11 is 0. The Balaban J connectivity index is 2.23. The van der Waals surface area contributed by atoms with Crippen LogP contribution in [-0.4, -0.2) is 88.1 Å². The lowest BCUT2D eigenvalue weighted by Gasteiger charge is -2.40. The van der Waals surface area contributed by atoms with Gasteiger partial charge in [-0.3, -0.25) is 0 Å². The molecule has 1 aliphatic heterocycles. The SMILES string of the molecule is CCCCCCCCC=CCCCCCCCCCCCCCCNC(COC1O[C@H](CO)[C@H](O)[C@H](O)[C@H]1O)C(O)C=CCCCCCCCCCCCCC. The van der Waals surface area contributed by atoms with Crippen LogP contribution in [-0.2, 0) is 9.47 Å². The third-order valence-corrected chi connectivity index (χ3v) is 11.6. The molecular weight excluding hydrogens is 703 g/mol. The summed E-state index contributed by atoms with van der Waals surface area (Å²) in [5, 5.41) is 54.8. The molecule has 6 N–H and O–H groups in total. The number of hydrogen-bond acceptors (Lipinski definition) is 8. The number of hydrogen-bond donors (Lipinski definition) is 6. The molecule has 1 saturated heterocycles. The van der Waals surface area contributed by atoms with Crippen molar-refractivity contribution in [2.24, 2.45) is 0 Å². The third-order valence-electron chi connectivity index (χ3n) is 11.6. The van der Waals surface area contributed by atoms with E-state index < -0.39 is 49.5 Å². The van der Waals surface area contributed by atoms with Gasteiger partial charge in [-0.05, 0) is 51.5 Å². The normalized spacial score (nSPS) is 21.4. The van der Waals surface area contributed by atoms with Crippen molar-refractivity contribution in [1.82, 2.24) is 5.32 Å². The predicted octanol–water partition coefficient (Wildman–Crippen LogP) is 10.8. The molecule has 8 heteroatoms. The maximum absolute atomic E-state index is 11.1. The molecule has 0 bridgehead atoms. The topological polar surface area (TPSA) is 132 Å². The van der Waals surface area contributed by atoms with Crippen LogP contribution < -0.4 is 5.32 Å². The van der Waals surface area contributed by atoms with Gasteiger partial charge in [0.2, 0.25) is 0 Å². The molecule has 0 aromatic rings. The lowest BCUT2D eigenvalue weighted by Crippen LogP contribution is -2.59. The van der Waals surface area contributed by atoms with E-state index in [1.165, 1.54) is 180 Å². The minimum Gasteiger partial charge on any atom is -0.394 e. The van der Waals surface area contributed by atoms with Crippen LogP contribution in [0.5, 0.6) is 0 Å². The van der Waals surface area contributed by atoms with Crippen molar-refractivity contribution in [3.8, 4) is 0 Å². The summed E-state index contributed by atoms with van der Waals surface area (Å²) in [5.41, 5.74) is 0. The lowest BCUT2D eigenvalue weighted by atomic mass is 9.99. The Morgan fingerprint density at radius 1 is 0.518 bits per heavy atom. The van der Waals surface area contributed by atoms with E-state index in [4.69, 9.17) is 9.47 Å². The molecule has 0 aromatic carbocycles. The maximum Gasteiger partial charge on any atom is 0.186 e. The molecular formula is C48H93NO7. The van der Waals surface area contributed by atoms with E-state index in [-0.39, 0.29) is 6.61 Å².